The summed E-state index contributed by atoms with van der Waals surface area (Å²) in [5.74, 6) is 0. The number of nitrogens with zero attached hydrogens (tertiary/aromatic N) is 1. The lowest BCUT2D eigenvalue weighted by Gasteiger charge is -2.11. The van der Waals surface area contributed by atoms with Crippen LogP contribution in [0.15, 0.2) is 18.2 Å². The second-order valence-electron chi connectivity index (χ2n) is 3.50. The molecule has 1 aliphatic heterocycles. The molecular weight excluding hydrogens is 188 g/mol. The molecule has 2 rings (SSSR count). The van der Waals surface area contributed by atoms with E-state index in [4.69, 9.17) is 4.24 Å². The summed E-state index contributed by atoms with van der Waals surface area (Å²) >= 11 is 0. The smallest absolute Gasteiger partial charge is 0.123 e. The number of fused-ring (bicyclic) bond motifs is 2. The average molecular weight is 212 g/mol. The monoisotopic (exact) mass is 212 g/mol. The van der Waals surface area contributed by atoms with Crippen LogP contribution in [0.1, 0.15) is 11.4 Å². The second kappa shape index (κ2) is 5.80. The van der Waals surface area contributed by atoms with Gasteiger partial charge in [0.15, 0.2) is 0 Å². The van der Waals surface area contributed by atoms with Gasteiger partial charge in [-0.15, -0.1) is 0 Å². The highest BCUT2D eigenvalue weighted by Gasteiger charge is 1.99. The van der Waals surface area contributed by atoms with Gasteiger partial charge in [0.05, 0.1) is 11.4 Å². The molecular formula is C11H18N4. The van der Waals surface area contributed by atoms with Crippen LogP contribution in [0, 0.1) is 0 Å². The van der Waals surface area contributed by atoms with Crippen molar-refractivity contribution in [1.82, 2.24) is 20.9 Å². The van der Waals surface area contributed by atoms with Gasteiger partial charge >= 0.3 is 0 Å². The fraction of sp³-hybridized carbons (Fsp3) is 0.545. The Hall–Kier alpha value is -0.970. The first-order chi connectivity index (χ1) is 8.63. The molecule has 0 saturated carbocycles. The van der Waals surface area contributed by atoms with Crippen molar-refractivity contribution in [1.29, 1.82) is 0 Å². The summed E-state index contributed by atoms with van der Waals surface area (Å²) in [4.78, 5) is 4.44. The second-order valence-corrected chi connectivity index (χ2v) is 3.50. The summed E-state index contributed by atoms with van der Waals surface area (Å²) in [6.45, 7) is 2.95. The third kappa shape index (κ3) is 3.58. The summed E-state index contributed by atoms with van der Waals surface area (Å²) in [5, 5.41) is 4.26. The lowest BCUT2D eigenvalue weighted by atomic mass is 10.3. The number of rotatable bonds is 0. The molecule has 4 nitrogen and oxygen atoms in total. The normalized spacial score (nSPS) is 25.7. The zero-order valence-corrected chi connectivity index (χ0v) is 8.76. The van der Waals surface area contributed by atoms with E-state index >= 15 is 0 Å². The summed E-state index contributed by atoms with van der Waals surface area (Å²) in [5.41, 5.74) is 1.68. The maximum absolute atomic E-state index is 7.80. The maximum Gasteiger partial charge on any atom is 0.123 e. The molecule has 0 spiro atoms. The zero-order valence-electron chi connectivity index (χ0n) is 11.8. The Bertz CT molecular complexity index is 359. The molecule has 0 aliphatic carbocycles. The summed E-state index contributed by atoms with van der Waals surface area (Å²) < 4.78 is 23.3. The number of hydrogen-bond donors (Lipinski definition) is 3. The fourth-order valence-corrected chi connectivity index (χ4v) is 1.49. The quantitative estimate of drug-likeness (QED) is 0.560. The highest BCUT2D eigenvalue weighted by Crippen LogP contribution is 1.99. The van der Waals surface area contributed by atoms with Gasteiger partial charge in [0.25, 0.3) is 0 Å². The lowest BCUT2D eigenvalue weighted by molar-refractivity contribution is 0.565. The van der Waals surface area contributed by atoms with E-state index in [1.54, 1.807) is 0 Å². The molecule has 0 amide bonds. The maximum atomic E-state index is 7.80. The largest absolute Gasteiger partial charge is 0.314 e. The standard InChI is InChI=1S/C11H18N4/c1-2-10-8-13-6-4-12-5-7-14-9-11(3-1)15-10/h1-3,12-14H,4-9H2/i/hT3. The van der Waals surface area contributed by atoms with Gasteiger partial charge in [0.1, 0.15) is 4.24 Å². The van der Waals surface area contributed by atoms with E-state index in [2.05, 4.69) is 4.98 Å². The summed E-state index contributed by atoms with van der Waals surface area (Å²) in [6.07, 6.45) is 0. The van der Waals surface area contributed by atoms with E-state index in [0.29, 0.717) is 39.3 Å². The van der Waals surface area contributed by atoms with Gasteiger partial charge < -0.3 is 15.9 Å². The molecule has 4 heteroatoms. The van der Waals surface area contributed by atoms with Crippen molar-refractivity contribution in [2.45, 2.75) is 13.1 Å². The first-order valence-corrected chi connectivity index (χ1v) is 5.30. The molecule has 0 saturated heterocycles. The Labute approximate surface area is 94.9 Å². The third-order valence-corrected chi connectivity index (χ3v) is 2.24. The predicted octanol–water partition coefficient (Wildman–Crippen LogP) is -0.136. The van der Waals surface area contributed by atoms with E-state index in [1.807, 2.05) is 18.2 Å². The molecule has 1 aromatic rings. The van der Waals surface area contributed by atoms with Crippen LogP contribution in [-0.2, 0) is 13.1 Å². The third-order valence-electron chi connectivity index (χ3n) is 2.24. The molecule has 3 N–H and O–H groups in total. The highest BCUT2D eigenvalue weighted by atomic mass is 15.0. The lowest BCUT2D eigenvalue weighted by Crippen LogP contribution is -2.33. The van der Waals surface area contributed by atoms with E-state index in [0.717, 1.165) is 11.4 Å². The SMILES string of the molecule is [3H]N1CCN([3H])Cc2cccc(n2)CN([3H])CC1. The minimum absolute atomic E-state index is 0.458. The number of hydrogen-bond acceptors (Lipinski definition) is 4. The Morgan fingerprint density at radius 1 is 0.933 bits per heavy atom. The van der Waals surface area contributed by atoms with Crippen molar-refractivity contribution in [3.63, 3.8) is 0 Å². The number of pyridine rings is 1. The van der Waals surface area contributed by atoms with Crippen molar-refractivity contribution in [2.75, 3.05) is 26.2 Å². The van der Waals surface area contributed by atoms with Gasteiger partial charge in [-0.1, -0.05) is 6.07 Å². The molecule has 1 aliphatic rings. The zero-order chi connectivity index (χ0) is 13.0. The first kappa shape index (κ1) is 7.33. The van der Waals surface area contributed by atoms with Crippen LogP contribution in [0.2, 0.25) is 4.24 Å². The van der Waals surface area contributed by atoms with E-state index < -0.39 is 0 Å². The van der Waals surface area contributed by atoms with Crippen LogP contribution in [0.25, 0.3) is 0 Å². The molecule has 2 heterocycles. The van der Waals surface area contributed by atoms with Gasteiger partial charge in [0, 0.05) is 39.3 Å². The van der Waals surface area contributed by atoms with Crippen LogP contribution in [0.4, 0.5) is 0 Å². The molecule has 0 fully saturated rings. The van der Waals surface area contributed by atoms with Crippen molar-refractivity contribution in [3.8, 4) is 0 Å². The highest BCUT2D eigenvalue weighted by molar-refractivity contribution is 5.11. The van der Waals surface area contributed by atoms with Crippen molar-refractivity contribution < 1.29 is 4.24 Å². The van der Waals surface area contributed by atoms with E-state index in [9.17, 15) is 0 Å². The Morgan fingerprint density at radius 2 is 1.47 bits per heavy atom. The molecule has 1 aromatic heterocycles. The molecule has 0 radical (unpaired) electrons. The summed E-state index contributed by atoms with van der Waals surface area (Å²) in [6, 6.07) is 5.70. The topological polar surface area (TPSA) is 49.0 Å². The van der Waals surface area contributed by atoms with Crippen LogP contribution in [0.5, 0.6) is 0 Å². The van der Waals surface area contributed by atoms with E-state index in [-0.39, 0.29) is 0 Å². The Balaban J connectivity index is 2.12. The van der Waals surface area contributed by atoms with Crippen molar-refractivity contribution in [2.24, 2.45) is 0 Å². The molecule has 2 bridgehead atoms. The molecule has 0 atom stereocenters. The average Bonchev–Trinajstić information content (AvgIpc) is 2.33. The van der Waals surface area contributed by atoms with Crippen LogP contribution < -0.4 is 15.9 Å². The van der Waals surface area contributed by atoms with Crippen molar-refractivity contribution in [3.05, 3.63) is 29.6 Å². The van der Waals surface area contributed by atoms with Crippen LogP contribution >= 0.6 is 0 Å². The van der Waals surface area contributed by atoms with Crippen LogP contribution in [0.3, 0.4) is 0 Å². The van der Waals surface area contributed by atoms with Gasteiger partial charge in [-0.05, 0) is 12.1 Å². The predicted molar refractivity (Wildman–Crippen MR) is 60.5 cm³/mol. The Kier molecular flexibility index (Phi) is 2.83. The molecule has 82 valence electrons. The molecule has 0 unspecified atom stereocenters. The number of aromatic nitrogens is 1. The van der Waals surface area contributed by atoms with Crippen molar-refractivity contribution >= 4 is 0 Å². The minimum atomic E-state index is 0.458. The fourth-order valence-electron chi connectivity index (χ4n) is 1.49. The van der Waals surface area contributed by atoms with Gasteiger partial charge in [-0.3, -0.25) is 4.98 Å². The van der Waals surface area contributed by atoms with Gasteiger partial charge in [-0.2, -0.15) is 0 Å². The van der Waals surface area contributed by atoms with Gasteiger partial charge in [-0.25, -0.2) is 0 Å². The number of nitrogens with one attached hydrogen (secondary N) is 3. The molecule has 0 aromatic carbocycles. The molecule has 15 heavy (non-hydrogen) atoms. The van der Waals surface area contributed by atoms with E-state index in [1.165, 1.54) is 15.9 Å². The first-order valence-electron chi connectivity index (χ1n) is 6.64. The summed E-state index contributed by atoms with van der Waals surface area (Å²) in [7, 11) is 0. The Morgan fingerprint density at radius 3 is 2.07 bits per heavy atom. The minimum Gasteiger partial charge on any atom is -0.314 e. The van der Waals surface area contributed by atoms with Crippen LogP contribution in [-0.4, -0.2) is 31.2 Å². The van der Waals surface area contributed by atoms with Gasteiger partial charge in [0.2, 0.25) is 0 Å².